The molecule has 0 fully saturated rings. The predicted octanol–water partition coefficient (Wildman–Crippen LogP) is 2.68. The molecule has 0 aliphatic heterocycles. The molecule has 8 nitrogen and oxygen atoms in total. The zero-order valence-corrected chi connectivity index (χ0v) is 15.5. The molecule has 4 aromatic rings. The molecule has 0 saturated heterocycles. The van der Waals surface area contributed by atoms with Gasteiger partial charge in [-0.2, -0.15) is 5.10 Å². The fourth-order valence-corrected chi connectivity index (χ4v) is 2.94. The number of benzene rings is 1. The number of hydrogen-bond donors (Lipinski definition) is 0. The van der Waals surface area contributed by atoms with Crippen molar-refractivity contribution in [1.82, 2.24) is 34.2 Å². The molecule has 1 amide bonds. The van der Waals surface area contributed by atoms with Gasteiger partial charge < -0.3 is 4.90 Å². The Morgan fingerprint density at radius 2 is 1.89 bits per heavy atom. The van der Waals surface area contributed by atoms with Gasteiger partial charge in [0.05, 0.1) is 11.7 Å². The van der Waals surface area contributed by atoms with Gasteiger partial charge in [-0.3, -0.25) is 9.36 Å². The van der Waals surface area contributed by atoms with E-state index in [0.717, 1.165) is 11.3 Å². The second kappa shape index (κ2) is 7.43. The molecule has 0 saturated carbocycles. The third-order valence-corrected chi connectivity index (χ3v) is 4.72. The molecule has 1 atom stereocenters. The lowest BCUT2D eigenvalue weighted by atomic mass is 10.1. The Morgan fingerprint density at radius 3 is 2.57 bits per heavy atom. The van der Waals surface area contributed by atoms with Crippen molar-refractivity contribution in [1.29, 1.82) is 0 Å². The molecule has 0 radical (unpaired) electrons. The van der Waals surface area contributed by atoms with E-state index in [1.165, 1.54) is 6.33 Å². The predicted molar refractivity (Wildman–Crippen MR) is 103 cm³/mol. The van der Waals surface area contributed by atoms with Crippen molar-refractivity contribution in [3.05, 3.63) is 85.1 Å². The highest BCUT2D eigenvalue weighted by molar-refractivity contribution is 5.94. The van der Waals surface area contributed by atoms with Crippen molar-refractivity contribution in [3.63, 3.8) is 0 Å². The van der Waals surface area contributed by atoms with E-state index in [4.69, 9.17) is 0 Å². The van der Waals surface area contributed by atoms with E-state index in [2.05, 4.69) is 20.1 Å². The van der Waals surface area contributed by atoms with Gasteiger partial charge in [0.1, 0.15) is 24.8 Å². The van der Waals surface area contributed by atoms with E-state index in [1.54, 1.807) is 64.6 Å². The first kappa shape index (κ1) is 17.6. The highest BCUT2D eigenvalue weighted by atomic mass is 16.2. The number of carbonyl (C=O) groups is 1. The summed E-state index contributed by atoms with van der Waals surface area (Å²) in [7, 11) is 1.80. The lowest BCUT2D eigenvalue weighted by Gasteiger charge is -2.25. The third-order valence-electron chi connectivity index (χ3n) is 4.72. The van der Waals surface area contributed by atoms with Gasteiger partial charge >= 0.3 is 0 Å². The SMILES string of the molecule is CC(c1ccc(-n2cncn2)cc1)N(C)C(=O)c1ccnc(-n2ccnc2)c1. The normalized spacial score (nSPS) is 11.9. The zero-order valence-electron chi connectivity index (χ0n) is 15.5. The number of aromatic nitrogens is 6. The van der Waals surface area contributed by atoms with E-state index < -0.39 is 0 Å². The molecule has 0 aliphatic rings. The molecule has 4 rings (SSSR count). The quantitative estimate of drug-likeness (QED) is 0.537. The van der Waals surface area contributed by atoms with Crippen LogP contribution in [0.15, 0.2) is 74.0 Å². The van der Waals surface area contributed by atoms with Crippen LogP contribution >= 0.6 is 0 Å². The fraction of sp³-hybridized carbons (Fsp3) is 0.150. The third kappa shape index (κ3) is 3.39. The average Bonchev–Trinajstić information content (AvgIpc) is 3.47. The van der Waals surface area contributed by atoms with Crippen LogP contribution in [0.25, 0.3) is 11.5 Å². The molecule has 8 heteroatoms. The largest absolute Gasteiger partial charge is 0.335 e. The highest BCUT2D eigenvalue weighted by Crippen LogP contribution is 2.22. The zero-order chi connectivity index (χ0) is 19.5. The minimum absolute atomic E-state index is 0.0726. The molecule has 0 N–H and O–H groups in total. The number of rotatable bonds is 5. The number of nitrogens with zero attached hydrogens (tertiary/aromatic N) is 7. The van der Waals surface area contributed by atoms with Gasteiger partial charge in [0.2, 0.25) is 0 Å². The smallest absolute Gasteiger partial charge is 0.254 e. The summed E-state index contributed by atoms with van der Waals surface area (Å²) < 4.78 is 3.46. The molecule has 0 aliphatic carbocycles. The summed E-state index contributed by atoms with van der Waals surface area (Å²) >= 11 is 0. The second-order valence-corrected chi connectivity index (χ2v) is 6.40. The van der Waals surface area contributed by atoms with Crippen LogP contribution in [0.4, 0.5) is 0 Å². The number of carbonyl (C=O) groups excluding carboxylic acids is 1. The molecule has 0 bridgehead atoms. The number of amides is 1. The molecule has 3 aromatic heterocycles. The van der Waals surface area contributed by atoms with Crippen LogP contribution < -0.4 is 0 Å². The first-order chi connectivity index (χ1) is 13.6. The monoisotopic (exact) mass is 373 g/mol. The first-order valence-corrected chi connectivity index (χ1v) is 8.80. The van der Waals surface area contributed by atoms with E-state index in [1.807, 2.05) is 31.2 Å². The highest BCUT2D eigenvalue weighted by Gasteiger charge is 2.19. The van der Waals surface area contributed by atoms with Crippen LogP contribution in [0.2, 0.25) is 0 Å². The van der Waals surface area contributed by atoms with Crippen molar-refractivity contribution in [2.24, 2.45) is 0 Å². The molecule has 1 aromatic carbocycles. The maximum absolute atomic E-state index is 13.0. The van der Waals surface area contributed by atoms with Crippen LogP contribution in [-0.2, 0) is 0 Å². The van der Waals surface area contributed by atoms with Crippen molar-refractivity contribution < 1.29 is 4.79 Å². The van der Waals surface area contributed by atoms with Gasteiger partial charge in [0.15, 0.2) is 0 Å². The Hall–Kier alpha value is -3.81. The van der Waals surface area contributed by atoms with E-state index >= 15 is 0 Å². The summed E-state index contributed by atoms with van der Waals surface area (Å²) in [4.78, 5) is 27.0. The minimum Gasteiger partial charge on any atom is -0.335 e. The topological polar surface area (TPSA) is 81.7 Å². The van der Waals surface area contributed by atoms with Gasteiger partial charge in [-0.15, -0.1) is 0 Å². The van der Waals surface area contributed by atoms with E-state index in [-0.39, 0.29) is 11.9 Å². The van der Waals surface area contributed by atoms with Crippen LogP contribution in [0, 0.1) is 0 Å². The van der Waals surface area contributed by atoms with Gasteiger partial charge in [0, 0.05) is 31.2 Å². The molecular weight excluding hydrogens is 354 g/mol. The molecule has 3 heterocycles. The van der Waals surface area contributed by atoms with Gasteiger partial charge in [-0.1, -0.05) is 12.1 Å². The Morgan fingerprint density at radius 1 is 1.07 bits per heavy atom. The second-order valence-electron chi connectivity index (χ2n) is 6.40. The lowest BCUT2D eigenvalue weighted by molar-refractivity contribution is 0.0742. The van der Waals surface area contributed by atoms with Gasteiger partial charge in [0.25, 0.3) is 5.91 Å². The molecular formula is C20H19N7O. The van der Waals surface area contributed by atoms with Crippen LogP contribution in [0.3, 0.4) is 0 Å². The maximum atomic E-state index is 13.0. The van der Waals surface area contributed by atoms with Crippen molar-refractivity contribution >= 4 is 5.91 Å². The number of hydrogen-bond acceptors (Lipinski definition) is 5. The van der Waals surface area contributed by atoms with Crippen LogP contribution in [0.5, 0.6) is 0 Å². The summed E-state index contributed by atoms with van der Waals surface area (Å²) in [5.74, 6) is 0.582. The Labute approximate surface area is 162 Å². The number of imidazole rings is 1. The Balaban J connectivity index is 1.53. The van der Waals surface area contributed by atoms with Crippen molar-refractivity contribution in [2.75, 3.05) is 7.05 Å². The summed E-state index contributed by atoms with van der Waals surface area (Å²) in [6, 6.07) is 11.3. The molecule has 140 valence electrons. The minimum atomic E-state index is -0.0952. The molecule has 28 heavy (non-hydrogen) atoms. The van der Waals surface area contributed by atoms with Crippen molar-refractivity contribution in [3.8, 4) is 11.5 Å². The molecule has 0 spiro atoms. The van der Waals surface area contributed by atoms with E-state index in [0.29, 0.717) is 11.4 Å². The van der Waals surface area contributed by atoms with Crippen molar-refractivity contribution in [2.45, 2.75) is 13.0 Å². The average molecular weight is 373 g/mol. The maximum Gasteiger partial charge on any atom is 0.254 e. The summed E-state index contributed by atoms with van der Waals surface area (Å²) in [6.45, 7) is 2.00. The Kier molecular flexibility index (Phi) is 4.67. The van der Waals surface area contributed by atoms with Crippen LogP contribution in [-0.4, -0.2) is 47.2 Å². The molecule has 1 unspecified atom stereocenters. The lowest BCUT2D eigenvalue weighted by Crippen LogP contribution is -2.29. The Bertz CT molecular complexity index is 1060. The van der Waals surface area contributed by atoms with E-state index in [9.17, 15) is 4.79 Å². The summed E-state index contributed by atoms with van der Waals surface area (Å²) in [6.07, 6.45) is 9.89. The van der Waals surface area contributed by atoms with Gasteiger partial charge in [-0.05, 0) is 36.8 Å². The standard InChI is InChI=1S/C20H19N7O/c1-15(16-3-5-18(6-4-16)27-14-22-12-24-27)25(2)20(28)17-7-8-23-19(11-17)26-10-9-21-13-26/h3-15H,1-2H3. The first-order valence-electron chi connectivity index (χ1n) is 8.80. The van der Waals surface area contributed by atoms with Crippen LogP contribution in [0.1, 0.15) is 28.9 Å². The van der Waals surface area contributed by atoms with Gasteiger partial charge in [-0.25, -0.2) is 19.6 Å². The number of pyridine rings is 1. The summed E-state index contributed by atoms with van der Waals surface area (Å²) in [5, 5.41) is 4.12. The fourth-order valence-electron chi connectivity index (χ4n) is 2.94. The summed E-state index contributed by atoms with van der Waals surface area (Å²) in [5.41, 5.74) is 2.53.